The van der Waals surface area contributed by atoms with Gasteiger partial charge in [-0.15, -0.1) is 0 Å². The summed E-state index contributed by atoms with van der Waals surface area (Å²) in [7, 11) is -1.96. The Hall–Kier alpha value is -2.01. The van der Waals surface area contributed by atoms with Gasteiger partial charge in [0.15, 0.2) is 0 Å². The second-order valence-corrected chi connectivity index (χ2v) is 5.62. The predicted molar refractivity (Wildman–Crippen MR) is 71.2 cm³/mol. The molecule has 1 heterocycles. The Labute approximate surface area is 115 Å². The summed E-state index contributed by atoms with van der Waals surface area (Å²) in [6.07, 6.45) is 2.64. The molecule has 0 fully saturated rings. The second kappa shape index (κ2) is 6.96. The van der Waals surface area contributed by atoms with Gasteiger partial charge in [-0.2, -0.15) is 4.98 Å². The summed E-state index contributed by atoms with van der Waals surface area (Å²) in [4.78, 5) is 17.7. The molecule has 1 aromatic heterocycles. The van der Waals surface area contributed by atoms with Gasteiger partial charge < -0.3 is 10.1 Å². The van der Waals surface area contributed by atoms with Gasteiger partial charge in [-0.05, 0) is 6.42 Å². The van der Waals surface area contributed by atoms with Crippen LogP contribution in [0.2, 0.25) is 0 Å². The zero-order valence-corrected chi connectivity index (χ0v) is 11.8. The molecule has 11 heteroatoms. The summed E-state index contributed by atoms with van der Waals surface area (Å²) in [6, 6.07) is 0. The fraction of sp³-hybridized carbons (Fsp3) is 0.556. The Bertz CT molecular complexity index is 576. The van der Waals surface area contributed by atoms with E-state index in [0.29, 0.717) is 13.0 Å². The van der Waals surface area contributed by atoms with Crippen LogP contribution in [0.5, 0.6) is 5.88 Å². The van der Waals surface area contributed by atoms with Crippen molar-refractivity contribution in [1.29, 1.82) is 0 Å². The lowest BCUT2D eigenvalue weighted by atomic mass is 10.4. The standard InChI is InChI=1S/C9H15N5O5S/c1-19-9-7(14(15)16)8(11-6-12-9)10-4-3-5-13-20(2,17)18/h6,13H,3-5H2,1-2H3,(H,10,11,12). The fourth-order valence-electron chi connectivity index (χ4n) is 1.36. The Morgan fingerprint density at radius 3 is 2.65 bits per heavy atom. The minimum Gasteiger partial charge on any atom is -0.476 e. The lowest BCUT2D eigenvalue weighted by molar-refractivity contribution is -0.385. The number of anilines is 1. The molecule has 0 aliphatic rings. The summed E-state index contributed by atoms with van der Waals surface area (Å²) in [6.45, 7) is 0.533. The van der Waals surface area contributed by atoms with Crippen LogP contribution in [-0.2, 0) is 10.0 Å². The molecule has 0 amide bonds. The zero-order chi connectivity index (χ0) is 15.2. The molecule has 1 rings (SSSR count). The van der Waals surface area contributed by atoms with Crippen LogP contribution < -0.4 is 14.8 Å². The molecular weight excluding hydrogens is 290 g/mol. The molecule has 0 saturated carbocycles. The van der Waals surface area contributed by atoms with E-state index in [1.54, 1.807) is 0 Å². The quantitative estimate of drug-likeness (QED) is 0.381. The summed E-state index contributed by atoms with van der Waals surface area (Å²) in [5.74, 6) is -0.108. The van der Waals surface area contributed by atoms with Crippen molar-refractivity contribution in [3.8, 4) is 5.88 Å². The Morgan fingerprint density at radius 1 is 1.40 bits per heavy atom. The maximum absolute atomic E-state index is 10.9. The van der Waals surface area contributed by atoms with Gasteiger partial charge in [0, 0.05) is 13.1 Å². The molecule has 20 heavy (non-hydrogen) atoms. The van der Waals surface area contributed by atoms with Crippen LogP contribution in [0.25, 0.3) is 0 Å². The third kappa shape index (κ3) is 4.93. The average Bonchev–Trinajstić information content (AvgIpc) is 2.36. The third-order valence-corrected chi connectivity index (χ3v) is 2.90. The SMILES string of the molecule is COc1ncnc(NCCCNS(C)(=O)=O)c1[N+](=O)[O-]. The number of rotatable bonds is 8. The zero-order valence-electron chi connectivity index (χ0n) is 11.0. The number of nitrogens with one attached hydrogen (secondary N) is 2. The molecule has 112 valence electrons. The van der Waals surface area contributed by atoms with Crippen LogP contribution in [0.4, 0.5) is 11.5 Å². The monoisotopic (exact) mass is 305 g/mol. The van der Waals surface area contributed by atoms with E-state index in [1.807, 2.05) is 0 Å². The van der Waals surface area contributed by atoms with Crippen molar-refractivity contribution in [2.45, 2.75) is 6.42 Å². The van der Waals surface area contributed by atoms with Crippen molar-refractivity contribution in [1.82, 2.24) is 14.7 Å². The molecule has 0 atom stereocenters. The fourth-order valence-corrected chi connectivity index (χ4v) is 1.87. The van der Waals surface area contributed by atoms with Crippen molar-refractivity contribution < 1.29 is 18.1 Å². The van der Waals surface area contributed by atoms with Gasteiger partial charge in [0.2, 0.25) is 15.8 Å². The summed E-state index contributed by atoms with van der Waals surface area (Å²) in [5.41, 5.74) is -0.355. The van der Waals surface area contributed by atoms with E-state index in [1.165, 1.54) is 7.11 Å². The topological polar surface area (TPSA) is 136 Å². The van der Waals surface area contributed by atoms with Crippen LogP contribution >= 0.6 is 0 Å². The molecule has 0 aliphatic carbocycles. The molecule has 0 unspecified atom stereocenters. The summed E-state index contributed by atoms with van der Waals surface area (Å²) < 4.78 is 28.8. The maximum Gasteiger partial charge on any atom is 0.372 e. The van der Waals surface area contributed by atoms with Crippen molar-refractivity contribution in [3.63, 3.8) is 0 Å². The largest absolute Gasteiger partial charge is 0.476 e. The number of sulfonamides is 1. The molecule has 0 bridgehead atoms. The van der Waals surface area contributed by atoms with Crippen LogP contribution in [0, 0.1) is 10.1 Å². The Morgan fingerprint density at radius 2 is 2.10 bits per heavy atom. The summed E-state index contributed by atoms with van der Waals surface area (Å²) in [5, 5.41) is 13.7. The van der Waals surface area contributed by atoms with Crippen LogP contribution in [0.1, 0.15) is 6.42 Å². The number of nitrogens with zero attached hydrogens (tertiary/aromatic N) is 3. The number of methoxy groups -OCH3 is 1. The first-order valence-electron chi connectivity index (χ1n) is 5.57. The lowest BCUT2D eigenvalue weighted by Crippen LogP contribution is -2.24. The van der Waals surface area contributed by atoms with Crippen molar-refractivity contribution in [2.75, 3.05) is 31.8 Å². The first kappa shape index (κ1) is 16.0. The van der Waals surface area contributed by atoms with Crippen LogP contribution in [0.3, 0.4) is 0 Å². The first-order valence-corrected chi connectivity index (χ1v) is 7.46. The molecular formula is C9H15N5O5S. The second-order valence-electron chi connectivity index (χ2n) is 3.78. The summed E-state index contributed by atoms with van der Waals surface area (Å²) >= 11 is 0. The van der Waals surface area contributed by atoms with Gasteiger partial charge >= 0.3 is 5.69 Å². The van der Waals surface area contributed by atoms with Gasteiger partial charge in [-0.25, -0.2) is 18.1 Å². The molecule has 0 radical (unpaired) electrons. The van der Waals surface area contributed by atoms with Crippen molar-refractivity contribution >= 4 is 21.5 Å². The number of aromatic nitrogens is 2. The minimum absolute atomic E-state index is 0.0289. The van der Waals surface area contributed by atoms with Gasteiger partial charge in [0.25, 0.3) is 5.88 Å². The van der Waals surface area contributed by atoms with E-state index < -0.39 is 14.9 Å². The lowest BCUT2D eigenvalue weighted by Gasteiger charge is -2.07. The highest BCUT2D eigenvalue weighted by atomic mass is 32.2. The van der Waals surface area contributed by atoms with E-state index in [-0.39, 0.29) is 23.9 Å². The predicted octanol–water partition coefficient (Wildman–Crippen LogP) is -0.255. The number of hydrogen-bond acceptors (Lipinski definition) is 8. The molecule has 0 saturated heterocycles. The van der Waals surface area contributed by atoms with Gasteiger partial charge in [-0.1, -0.05) is 0 Å². The van der Waals surface area contributed by atoms with Gasteiger partial charge in [0.05, 0.1) is 18.3 Å². The third-order valence-electron chi connectivity index (χ3n) is 2.17. The molecule has 1 aromatic rings. The van der Waals surface area contributed by atoms with Crippen molar-refractivity contribution in [2.24, 2.45) is 0 Å². The highest BCUT2D eigenvalue weighted by Gasteiger charge is 2.23. The normalized spacial score (nSPS) is 11.1. The van der Waals surface area contributed by atoms with E-state index in [0.717, 1.165) is 12.6 Å². The van der Waals surface area contributed by atoms with E-state index in [9.17, 15) is 18.5 Å². The van der Waals surface area contributed by atoms with Crippen molar-refractivity contribution in [3.05, 3.63) is 16.4 Å². The Kier molecular flexibility index (Phi) is 5.58. The first-order chi connectivity index (χ1) is 9.35. The molecule has 0 spiro atoms. The maximum atomic E-state index is 10.9. The number of nitro groups is 1. The molecule has 0 aromatic carbocycles. The smallest absolute Gasteiger partial charge is 0.372 e. The molecule has 10 nitrogen and oxygen atoms in total. The van der Waals surface area contributed by atoms with Crippen LogP contribution in [-0.4, -0.2) is 49.8 Å². The molecule has 0 aliphatic heterocycles. The molecule has 2 N–H and O–H groups in total. The average molecular weight is 305 g/mol. The van der Waals surface area contributed by atoms with Gasteiger partial charge in [0.1, 0.15) is 6.33 Å². The van der Waals surface area contributed by atoms with E-state index >= 15 is 0 Å². The Balaban J connectivity index is 2.62. The highest BCUT2D eigenvalue weighted by molar-refractivity contribution is 7.88. The highest BCUT2D eigenvalue weighted by Crippen LogP contribution is 2.30. The minimum atomic E-state index is -3.23. The van der Waals surface area contributed by atoms with Crippen LogP contribution in [0.15, 0.2) is 6.33 Å². The van der Waals surface area contributed by atoms with E-state index in [4.69, 9.17) is 4.74 Å². The van der Waals surface area contributed by atoms with Gasteiger partial charge in [-0.3, -0.25) is 10.1 Å². The number of hydrogen-bond donors (Lipinski definition) is 2. The van der Waals surface area contributed by atoms with E-state index in [2.05, 4.69) is 20.0 Å². The number of ether oxygens (including phenoxy) is 1.